The number of aromatic nitrogens is 3. The van der Waals surface area contributed by atoms with E-state index in [9.17, 15) is 4.79 Å². The molecule has 0 fully saturated rings. The van der Waals surface area contributed by atoms with Gasteiger partial charge in [-0.15, -0.1) is 10.2 Å². The Bertz CT molecular complexity index is 1330. The molecule has 0 unspecified atom stereocenters. The number of thioether (sulfide) groups is 1. The molecule has 0 saturated heterocycles. The first kappa shape index (κ1) is 24.3. The van der Waals surface area contributed by atoms with Crippen LogP contribution >= 0.6 is 23.4 Å². The fourth-order valence-corrected chi connectivity index (χ4v) is 4.11. The van der Waals surface area contributed by atoms with Gasteiger partial charge in [0, 0.05) is 21.8 Å². The quantitative estimate of drug-likeness (QED) is 0.198. The standard InChI is InChI=1S/C25H22ClN5O3S/c1-33-21-12-13-22(34-2)18(14-21)15-27-28-23(32)16-35-25-30-29-24(17-6-4-3-5-7-17)31(25)20-10-8-19(26)9-11-20/h3-15H,16H2,1-2H3,(H,28,32)/b27-15-. The molecule has 10 heteroatoms. The van der Waals surface area contributed by atoms with Crippen LogP contribution in [0.4, 0.5) is 0 Å². The van der Waals surface area contributed by atoms with Crippen LogP contribution in [0.3, 0.4) is 0 Å². The molecule has 178 valence electrons. The van der Waals surface area contributed by atoms with Gasteiger partial charge in [-0.1, -0.05) is 53.7 Å². The number of hydrazone groups is 1. The van der Waals surface area contributed by atoms with E-state index in [1.54, 1.807) is 44.6 Å². The van der Waals surface area contributed by atoms with Crippen molar-refractivity contribution in [1.82, 2.24) is 20.2 Å². The van der Waals surface area contributed by atoms with E-state index < -0.39 is 0 Å². The maximum absolute atomic E-state index is 12.5. The summed E-state index contributed by atoms with van der Waals surface area (Å²) in [5.74, 6) is 1.74. The van der Waals surface area contributed by atoms with Crippen LogP contribution in [0, 0.1) is 0 Å². The molecule has 0 aliphatic carbocycles. The lowest BCUT2D eigenvalue weighted by Gasteiger charge is -2.10. The highest BCUT2D eigenvalue weighted by atomic mass is 35.5. The van der Waals surface area contributed by atoms with Crippen LogP contribution in [0.2, 0.25) is 5.02 Å². The van der Waals surface area contributed by atoms with Gasteiger partial charge in [0.15, 0.2) is 11.0 Å². The van der Waals surface area contributed by atoms with Crippen molar-refractivity contribution in [2.45, 2.75) is 5.16 Å². The van der Waals surface area contributed by atoms with Crippen molar-refractivity contribution in [1.29, 1.82) is 0 Å². The molecule has 0 atom stereocenters. The van der Waals surface area contributed by atoms with Crippen LogP contribution in [0.15, 0.2) is 83.1 Å². The summed E-state index contributed by atoms with van der Waals surface area (Å²) >= 11 is 7.33. The minimum Gasteiger partial charge on any atom is -0.497 e. The van der Waals surface area contributed by atoms with E-state index in [0.29, 0.717) is 33.1 Å². The summed E-state index contributed by atoms with van der Waals surface area (Å²) in [4.78, 5) is 12.5. The van der Waals surface area contributed by atoms with Gasteiger partial charge in [-0.05, 0) is 42.5 Å². The summed E-state index contributed by atoms with van der Waals surface area (Å²) < 4.78 is 12.4. The second-order valence-corrected chi connectivity index (χ2v) is 8.55. The Labute approximate surface area is 211 Å². The monoisotopic (exact) mass is 507 g/mol. The summed E-state index contributed by atoms with van der Waals surface area (Å²) in [6.07, 6.45) is 1.51. The van der Waals surface area contributed by atoms with Crippen LogP contribution in [-0.2, 0) is 4.79 Å². The molecule has 4 rings (SSSR count). The van der Waals surface area contributed by atoms with E-state index in [1.807, 2.05) is 47.0 Å². The second-order valence-electron chi connectivity index (χ2n) is 7.17. The van der Waals surface area contributed by atoms with Crippen molar-refractivity contribution in [3.05, 3.63) is 83.4 Å². The van der Waals surface area contributed by atoms with Gasteiger partial charge in [0.25, 0.3) is 5.91 Å². The van der Waals surface area contributed by atoms with Gasteiger partial charge in [0.05, 0.1) is 26.2 Å². The van der Waals surface area contributed by atoms with Crippen molar-refractivity contribution in [3.8, 4) is 28.6 Å². The normalized spacial score (nSPS) is 10.9. The molecular weight excluding hydrogens is 486 g/mol. The molecule has 8 nitrogen and oxygen atoms in total. The molecule has 1 heterocycles. The Kier molecular flexibility index (Phi) is 8.02. The van der Waals surface area contributed by atoms with Crippen LogP contribution in [0.25, 0.3) is 17.1 Å². The third-order valence-electron chi connectivity index (χ3n) is 4.91. The number of hydrogen-bond acceptors (Lipinski definition) is 7. The second kappa shape index (κ2) is 11.5. The Morgan fingerprint density at radius 1 is 1.06 bits per heavy atom. The maximum atomic E-state index is 12.5. The number of hydrogen-bond donors (Lipinski definition) is 1. The minimum absolute atomic E-state index is 0.0904. The molecule has 35 heavy (non-hydrogen) atoms. The Morgan fingerprint density at radius 2 is 1.83 bits per heavy atom. The molecule has 1 N–H and O–H groups in total. The van der Waals surface area contributed by atoms with Gasteiger partial charge in [0.2, 0.25) is 0 Å². The summed E-state index contributed by atoms with van der Waals surface area (Å²) in [5.41, 5.74) is 4.95. The van der Waals surface area contributed by atoms with Crippen LogP contribution in [-0.4, -0.2) is 46.9 Å². The minimum atomic E-state index is -0.292. The largest absolute Gasteiger partial charge is 0.497 e. The molecule has 0 bridgehead atoms. The molecular formula is C25H22ClN5O3S. The van der Waals surface area contributed by atoms with E-state index in [4.69, 9.17) is 21.1 Å². The van der Waals surface area contributed by atoms with Crippen molar-refractivity contribution in [2.75, 3.05) is 20.0 Å². The predicted octanol–water partition coefficient (Wildman–Crippen LogP) is 4.85. The molecule has 1 aromatic heterocycles. The van der Waals surface area contributed by atoms with Crippen LogP contribution in [0.1, 0.15) is 5.56 Å². The number of carbonyl (C=O) groups excluding carboxylic acids is 1. The fraction of sp³-hybridized carbons (Fsp3) is 0.120. The first-order valence-corrected chi connectivity index (χ1v) is 11.9. The Hall–Kier alpha value is -3.82. The van der Waals surface area contributed by atoms with Gasteiger partial charge in [-0.3, -0.25) is 9.36 Å². The summed E-state index contributed by atoms with van der Waals surface area (Å²) in [6.45, 7) is 0. The SMILES string of the molecule is COc1ccc(OC)c(/C=N\NC(=O)CSc2nnc(-c3ccccc3)n2-c2ccc(Cl)cc2)c1. The number of halogens is 1. The van der Waals surface area contributed by atoms with E-state index >= 15 is 0 Å². The highest BCUT2D eigenvalue weighted by Gasteiger charge is 2.17. The van der Waals surface area contributed by atoms with Gasteiger partial charge >= 0.3 is 0 Å². The third kappa shape index (κ3) is 6.00. The van der Waals surface area contributed by atoms with Crippen molar-refractivity contribution < 1.29 is 14.3 Å². The number of benzene rings is 3. The molecule has 4 aromatic rings. The average molecular weight is 508 g/mol. The lowest BCUT2D eigenvalue weighted by molar-refractivity contribution is -0.118. The average Bonchev–Trinajstić information content (AvgIpc) is 3.32. The highest BCUT2D eigenvalue weighted by Crippen LogP contribution is 2.28. The van der Waals surface area contributed by atoms with Gasteiger partial charge in [0.1, 0.15) is 11.5 Å². The molecule has 1 amide bonds. The number of rotatable bonds is 9. The molecule has 0 aliphatic rings. The van der Waals surface area contributed by atoms with E-state index in [1.165, 1.54) is 18.0 Å². The smallest absolute Gasteiger partial charge is 0.250 e. The van der Waals surface area contributed by atoms with Crippen LogP contribution < -0.4 is 14.9 Å². The molecule has 0 saturated carbocycles. The van der Waals surface area contributed by atoms with E-state index in [0.717, 1.165) is 11.3 Å². The number of ether oxygens (including phenoxy) is 2. The molecule has 0 aliphatic heterocycles. The lowest BCUT2D eigenvalue weighted by Crippen LogP contribution is -2.20. The number of amides is 1. The topological polar surface area (TPSA) is 90.6 Å². The Balaban J connectivity index is 1.49. The lowest BCUT2D eigenvalue weighted by atomic mass is 10.2. The predicted molar refractivity (Wildman–Crippen MR) is 138 cm³/mol. The molecule has 0 spiro atoms. The maximum Gasteiger partial charge on any atom is 0.250 e. The molecule has 3 aromatic carbocycles. The van der Waals surface area contributed by atoms with Gasteiger partial charge in [-0.2, -0.15) is 5.10 Å². The number of nitrogens with one attached hydrogen (secondary N) is 1. The highest BCUT2D eigenvalue weighted by molar-refractivity contribution is 7.99. The van der Waals surface area contributed by atoms with E-state index in [2.05, 4.69) is 20.7 Å². The zero-order chi connectivity index (χ0) is 24.6. The molecule has 0 radical (unpaired) electrons. The zero-order valence-corrected chi connectivity index (χ0v) is 20.6. The van der Waals surface area contributed by atoms with Crippen molar-refractivity contribution in [2.24, 2.45) is 5.10 Å². The summed E-state index contributed by atoms with van der Waals surface area (Å²) in [6, 6.07) is 22.4. The number of nitrogens with zero attached hydrogens (tertiary/aromatic N) is 4. The fourth-order valence-electron chi connectivity index (χ4n) is 3.24. The van der Waals surface area contributed by atoms with Gasteiger partial charge < -0.3 is 9.47 Å². The zero-order valence-electron chi connectivity index (χ0n) is 19.0. The van der Waals surface area contributed by atoms with Crippen LogP contribution in [0.5, 0.6) is 11.5 Å². The first-order chi connectivity index (χ1) is 17.1. The summed E-state index contributed by atoms with van der Waals surface area (Å²) in [5, 5.41) is 13.9. The van der Waals surface area contributed by atoms with Crippen molar-refractivity contribution in [3.63, 3.8) is 0 Å². The number of methoxy groups -OCH3 is 2. The van der Waals surface area contributed by atoms with Gasteiger partial charge in [-0.25, -0.2) is 5.43 Å². The van der Waals surface area contributed by atoms with Crippen molar-refractivity contribution >= 4 is 35.5 Å². The Morgan fingerprint density at radius 3 is 2.54 bits per heavy atom. The summed E-state index contributed by atoms with van der Waals surface area (Å²) in [7, 11) is 3.14. The number of carbonyl (C=O) groups is 1. The van der Waals surface area contributed by atoms with E-state index in [-0.39, 0.29) is 11.7 Å². The first-order valence-electron chi connectivity index (χ1n) is 10.5. The third-order valence-corrected chi connectivity index (χ3v) is 6.09.